The van der Waals surface area contributed by atoms with Crippen molar-refractivity contribution in [1.29, 1.82) is 0 Å². The van der Waals surface area contributed by atoms with Crippen molar-refractivity contribution in [3.8, 4) is 11.1 Å². The number of ketones is 1. The highest BCUT2D eigenvalue weighted by atomic mass is 16.1. The Kier molecular flexibility index (Phi) is 4.71. The predicted molar refractivity (Wildman–Crippen MR) is 117 cm³/mol. The smallest absolute Gasteiger partial charge is 0.185 e. The van der Waals surface area contributed by atoms with Crippen LogP contribution in [0.4, 0.5) is 0 Å². The van der Waals surface area contributed by atoms with Crippen LogP contribution in [0.3, 0.4) is 0 Å². The molecule has 0 amide bonds. The number of benzene rings is 2. The number of Topliss-reactive ketones (excluding diaryl/α,β-unsaturated/α-hetero) is 1. The molecule has 2 aromatic heterocycles. The van der Waals surface area contributed by atoms with Gasteiger partial charge >= 0.3 is 0 Å². The van der Waals surface area contributed by atoms with Crippen molar-refractivity contribution in [1.82, 2.24) is 19.8 Å². The zero-order valence-corrected chi connectivity index (χ0v) is 16.8. The van der Waals surface area contributed by atoms with E-state index in [2.05, 4.69) is 53.5 Å². The van der Waals surface area contributed by atoms with Crippen LogP contribution in [0.25, 0.3) is 22.9 Å². The van der Waals surface area contributed by atoms with Gasteiger partial charge in [-0.2, -0.15) is 5.10 Å². The zero-order chi connectivity index (χ0) is 20.5. The van der Waals surface area contributed by atoms with E-state index >= 15 is 0 Å². The fourth-order valence-corrected chi connectivity index (χ4v) is 4.14. The van der Waals surface area contributed by atoms with Crippen molar-refractivity contribution < 1.29 is 4.79 Å². The van der Waals surface area contributed by atoms with Crippen molar-refractivity contribution >= 4 is 17.5 Å². The number of aryl methyl sites for hydroxylation is 1. The van der Waals surface area contributed by atoms with Crippen molar-refractivity contribution in [2.45, 2.75) is 26.2 Å². The molecule has 1 aliphatic rings. The normalized spacial score (nSPS) is 16.3. The summed E-state index contributed by atoms with van der Waals surface area (Å²) < 4.78 is 1.85. The molecule has 30 heavy (non-hydrogen) atoms. The first-order valence-corrected chi connectivity index (χ1v) is 10.3. The number of carbonyl (C=O) groups excluding carboxylic acids is 1. The van der Waals surface area contributed by atoms with E-state index in [0.717, 1.165) is 46.6 Å². The van der Waals surface area contributed by atoms with E-state index in [9.17, 15) is 4.79 Å². The van der Waals surface area contributed by atoms with Crippen molar-refractivity contribution in [3.05, 3.63) is 89.4 Å². The van der Waals surface area contributed by atoms with Crippen molar-refractivity contribution in [2.24, 2.45) is 5.92 Å². The molecule has 5 heteroatoms. The number of nitrogens with zero attached hydrogens (tertiary/aromatic N) is 4. The molecule has 0 spiro atoms. The van der Waals surface area contributed by atoms with E-state index in [0.29, 0.717) is 12.1 Å². The molecule has 0 fully saturated rings. The minimum Gasteiger partial charge on any atom is -0.292 e. The number of carbonyl (C=O) groups is 1. The SMILES string of the molecule is CCc1nn2c3c(nnc2c1-c1ccccc1)C(=O)C[C@@H](/C=C/c1ccccc1)C3. The van der Waals surface area contributed by atoms with E-state index in [-0.39, 0.29) is 11.7 Å². The Hall–Kier alpha value is -3.60. The summed E-state index contributed by atoms with van der Waals surface area (Å²) in [6, 6.07) is 20.3. The Morgan fingerprint density at radius 3 is 2.47 bits per heavy atom. The molecular weight excluding hydrogens is 372 g/mol. The molecule has 0 N–H and O–H groups in total. The molecule has 0 radical (unpaired) electrons. The van der Waals surface area contributed by atoms with Gasteiger partial charge in [0.05, 0.1) is 17.0 Å². The maximum Gasteiger partial charge on any atom is 0.185 e. The lowest BCUT2D eigenvalue weighted by Crippen LogP contribution is -2.24. The van der Waals surface area contributed by atoms with Crippen LogP contribution in [0.15, 0.2) is 66.7 Å². The summed E-state index contributed by atoms with van der Waals surface area (Å²) in [6.07, 6.45) is 6.17. The van der Waals surface area contributed by atoms with Gasteiger partial charge in [-0.1, -0.05) is 79.7 Å². The van der Waals surface area contributed by atoms with E-state index in [4.69, 9.17) is 5.10 Å². The largest absolute Gasteiger partial charge is 0.292 e. The molecule has 2 aromatic carbocycles. The molecule has 0 saturated carbocycles. The molecule has 4 aromatic rings. The Morgan fingerprint density at radius 2 is 1.73 bits per heavy atom. The second-order valence-electron chi connectivity index (χ2n) is 7.63. The molecule has 148 valence electrons. The van der Waals surface area contributed by atoms with Gasteiger partial charge in [0, 0.05) is 6.42 Å². The number of aromatic nitrogens is 4. The number of hydrogen-bond donors (Lipinski definition) is 0. The minimum atomic E-state index is 0.0307. The van der Waals surface area contributed by atoms with Gasteiger partial charge < -0.3 is 0 Å². The molecule has 5 nitrogen and oxygen atoms in total. The van der Waals surface area contributed by atoms with Gasteiger partial charge in [-0.15, -0.1) is 10.2 Å². The fourth-order valence-electron chi connectivity index (χ4n) is 4.14. The van der Waals surface area contributed by atoms with Crippen LogP contribution >= 0.6 is 0 Å². The Bertz CT molecular complexity index is 1240. The second kappa shape index (κ2) is 7.67. The molecule has 1 aliphatic carbocycles. The summed E-state index contributed by atoms with van der Waals surface area (Å²) in [7, 11) is 0. The predicted octanol–water partition coefficient (Wildman–Crippen LogP) is 4.81. The average molecular weight is 394 g/mol. The molecule has 0 unspecified atom stereocenters. The summed E-state index contributed by atoms with van der Waals surface area (Å²) in [6.45, 7) is 2.09. The van der Waals surface area contributed by atoms with Crippen LogP contribution in [0.2, 0.25) is 0 Å². The van der Waals surface area contributed by atoms with Gasteiger partial charge in [0.15, 0.2) is 17.1 Å². The highest BCUT2D eigenvalue weighted by Gasteiger charge is 2.29. The van der Waals surface area contributed by atoms with Crippen molar-refractivity contribution in [3.63, 3.8) is 0 Å². The van der Waals surface area contributed by atoms with Crippen LogP contribution in [0.5, 0.6) is 0 Å². The van der Waals surface area contributed by atoms with Gasteiger partial charge in [0.25, 0.3) is 0 Å². The Labute approximate surface area is 175 Å². The summed E-state index contributed by atoms with van der Waals surface area (Å²) >= 11 is 0. The van der Waals surface area contributed by atoms with Crippen LogP contribution in [0.1, 0.15) is 40.8 Å². The lowest BCUT2D eigenvalue weighted by atomic mass is 9.88. The van der Waals surface area contributed by atoms with Crippen LogP contribution in [-0.4, -0.2) is 25.6 Å². The maximum atomic E-state index is 12.8. The number of fused-ring (bicyclic) bond motifs is 3. The highest BCUT2D eigenvalue weighted by molar-refractivity contribution is 5.97. The quantitative estimate of drug-likeness (QED) is 0.498. The fraction of sp³-hybridized carbons (Fsp3) is 0.200. The first-order chi connectivity index (χ1) is 14.7. The van der Waals surface area contributed by atoms with Gasteiger partial charge in [-0.25, -0.2) is 4.52 Å². The van der Waals surface area contributed by atoms with Gasteiger partial charge in [-0.05, 0) is 29.9 Å². The molecule has 5 rings (SSSR count). The number of hydrogen-bond acceptors (Lipinski definition) is 4. The Morgan fingerprint density at radius 1 is 1.00 bits per heavy atom. The van der Waals surface area contributed by atoms with E-state index in [1.54, 1.807) is 0 Å². The average Bonchev–Trinajstić information content (AvgIpc) is 3.18. The first kappa shape index (κ1) is 18.4. The second-order valence-corrected chi connectivity index (χ2v) is 7.63. The van der Waals surface area contributed by atoms with E-state index < -0.39 is 0 Å². The third-order valence-electron chi connectivity index (χ3n) is 5.63. The molecule has 2 heterocycles. The van der Waals surface area contributed by atoms with Crippen LogP contribution in [0, 0.1) is 5.92 Å². The Balaban J connectivity index is 1.59. The molecule has 0 saturated heterocycles. The standard InChI is InChI=1S/C25H22N4O/c1-2-20-23(19-11-7-4-8-12-19)25-27-26-24-21(29(25)28-20)15-18(16-22(24)30)14-13-17-9-5-3-6-10-17/h3-14,18H,2,15-16H2,1H3/b14-13+/t18-/m0/s1. The minimum absolute atomic E-state index is 0.0307. The summed E-state index contributed by atoms with van der Waals surface area (Å²) in [5, 5.41) is 13.6. The summed E-state index contributed by atoms with van der Waals surface area (Å²) in [4.78, 5) is 12.8. The topological polar surface area (TPSA) is 60.1 Å². The third kappa shape index (κ3) is 3.22. The molecule has 1 atom stereocenters. The lowest BCUT2D eigenvalue weighted by Gasteiger charge is -2.20. The van der Waals surface area contributed by atoms with Crippen LogP contribution in [-0.2, 0) is 12.8 Å². The third-order valence-corrected chi connectivity index (χ3v) is 5.63. The van der Waals surface area contributed by atoms with Crippen molar-refractivity contribution in [2.75, 3.05) is 0 Å². The van der Waals surface area contributed by atoms with E-state index in [1.165, 1.54) is 0 Å². The van der Waals surface area contributed by atoms with Gasteiger partial charge in [-0.3, -0.25) is 4.79 Å². The lowest BCUT2D eigenvalue weighted by molar-refractivity contribution is 0.0950. The number of rotatable bonds is 4. The first-order valence-electron chi connectivity index (χ1n) is 10.3. The van der Waals surface area contributed by atoms with E-state index in [1.807, 2.05) is 40.9 Å². The molecule has 0 bridgehead atoms. The molecule has 0 aliphatic heterocycles. The van der Waals surface area contributed by atoms with Gasteiger partial charge in [0.1, 0.15) is 0 Å². The zero-order valence-electron chi connectivity index (χ0n) is 16.8. The maximum absolute atomic E-state index is 12.8. The number of allylic oxidation sites excluding steroid dienone is 1. The highest BCUT2D eigenvalue weighted by Crippen LogP contribution is 2.31. The molecular formula is C25H22N4O. The van der Waals surface area contributed by atoms with Crippen LogP contribution < -0.4 is 0 Å². The van der Waals surface area contributed by atoms with Gasteiger partial charge in [0.2, 0.25) is 0 Å². The summed E-state index contributed by atoms with van der Waals surface area (Å²) in [5.74, 6) is 0.148. The summed E-state index contributed by atoms with van der Waals surface area (Å²) in [5.41, 5.74) is 6.21. The monoisotopic (exact) mass is 394 g/mol.